The molecule has 0 saturated carbocycles. The molecule has 0 aliphatic carbocycles. The molecule has 2 N–H and O–H groups in total. The number of carboxylic acids is 1. The van der Waals surface area contributed by atoms with Gasteiger partial charge >= 0.3 is 12.1 Å². The number of anilines is 2. The Labute approximate surface area is 138 Å². The van der Waals surface area contributed by atoms with Gasteiger partial charge in [-0.15, -0.1) is 12.4 Å². The molecular formula is C14H10ClF5N2O2. The summed E-state index contributed by atoms with van der Waals surface area (Å²) in [5.41, 5.74) is -2.49. The van der Waals surface area contributed by atoms with Crippen LogP contribution in [0.4, 0.5) is 33.3 Å². The summed E-state index contributed by atoms with van der Waals surface area (Å²) < 4.78 is 64.3. The fraction of sp³-hybridized carbons (Fsp3) is 0.143. The highest BCUT2D eigenvalue weighted by atomic mass is 35.5. The molecule has 24 heavy (non-hydrogen) atoms. The second-order valence-electron chi connectivity index (χ2n) is 4.58. The number of carboxylic acid groups (broad SMARTS) is 1. The minimum absolute atomic E-state index is 0. The third-order valence-electron chi connectivity index (χ3n) is 3.03. The lowest BCUT2D eigenvalue weighted by atomic mass is 10.1. The van der Waals surface area contributed by atoms with Gasteiger partial charge in [-0.05, 0) is 25.1 Å². The lowest BCUT2D eigenvalue weighted by Crippen LogP contribution is -2.12. The SMILES string of the molecule is Cc1c(Nc2cnc(C(F)(F)F)cc2C(=O)O)ccc(F)c1F.Cl. The summed E-state index contributed by atoms with van der Waals surface area (Å²) in [5, 5.41) is 11.5. The zero-order valence-electron chi connectivity index (χ0n) is 11.9. The first-order valence-corrected chi connectivity index (χ1v) is 6.13. The Balaban J connectivity index is 0.00000288. The van der Waals surface area contributed by atoms with E-state index in [-0.39, 0.29) is 29.3 Å². The normalized spacial score (nSPS) is 10.9. The maximum absolute atomic E-state index is 13.5. The van der Waals surface area contributed by atoms with Crippen LogP contribution in [0.25, 0.3) is 0 Å². The molecule has 0 spiro atoms. The highest BCUT2D eigenvalue weighted by molar-refractivity contribution is 5.95. The summed E-state index contributed by atoms with van der Waals surface area (Å²) in [6, 6.07) is 2.31. The molecule has 0 amide bonds. The van der Waals surface area contributed by atoms with Crippen molar-refractivity contribution in [2.45, 2.75) is 13.1 Å². The van der Waals surface area contributed by atoms with Crippen LogP contribution >= 0.6 is 12.4 Å². The molecular weight excluding hydrogens is 359 g/mol. The minimum Gasteiger partial charge on any atom is -0.478 e. The average molecular weight is 369 g/mol. The van der Waals surface area contributed by atoms with Crippen molar-refractivity contribution < 1.29 is 31.9 Å². The van der Waals surface area contributed by atoms with Gasteiger partial charge in [0.05, 0.1) is 17.4 Å². The molecule has 0 radical (unpaired) electrons. The third kappa shape index (κ3) is 3.91. The number of rotatable bonds is 3. The Bertz CT molecular complexity index is 780. The molecule has 0 unspecified atom stereocenters. The van der Waals surface area contributed by atoms with Crippen molar-refractivity contribution in [1.29, 1.82) is 0 Å². The Morgan fingerprint density at radius 2 is 1.83 bits per heavy atom. The van der Waals surface area contributed by atoms with Crippen molar-refractivity contribution >= 4 is 29.8 Å². The number of aromatic nitrogens is 1. The van der Waals surface area contributed by atoms with Gasteiger partial charge in [0.15, 0.2) is 11.6 Å². The monoisotopic (exact) mass is 368 g/mol. The van der Waals surface area contributed by atoms with Gasteiger partial charge in [-0.3, -0.25) is 0 Å². The number of carbonyl (C=O) groups is 1. The van der Waals surface area contributed by atoms with Gasteiger partial charge in [-0.1, -0.05) is 0 Å². The van der Waals surface area contributed by atoms with Gasteiger partial charge in [0.25, 0.3) is 0 Å². The Hall–Kier alpha value is -2.42. The number of hydrogen-bond acceptors (Lipinski definition) is 3. The Morgan fingerprint density at radius 1 is 1.21 bits per heavy atom. The quantitative estimate of drug-likeness (QED) is 0.780. The van der Waals surface area contributed by atoms with Crippen LogP contribution in [0.15, 0.2) is 24.4 Å². The van der Waals surface area contributed by atoms with Crippen LogP contribution in [-0.2, 0) is 6.18 Å². The zero-order chi connectivity index (χ0) is 17.4. The Kier molecular flexibility index (Phi) is 5.72. The summed E-state index contributed by atoms with van der Waals surface area (Å²) in [4.78, 5) is 14.3. The molecule has 1 heterocycles. The smallest absolute Gasteiger partial charge is 0.433 e. The first-order valence-electron chi connectivity index (χ1n) is 6.13. The summed E-state index contributed by atoms with van der Waals surface area (Å²) >= 11 is 0. The standard InChI is InChI=1S/C14H9F5N2O2.ClH/c1-6-9(3-2-8(15)12(6)16)21-10-5-20-11(14(17,18)19)4-7(10)13(22)23;/h2-5,21H,1H3,(H,22,23);1H. The highest BCUT2D eigenvalue weighted by Crippen LogP contribution is 2.31. The van der Waals surface area contributed by atoms with Crippen molar-refractivity contribution in [3.05, 3.63) is 52.9 Å². The molecule has 0 atom stereocenters. The van der Waals surface area contributed by atoms with Crippen LogP contribution in [0.3, 0.4) is 0 Å². The van der Waals surface area contributed by atoms with E-state index in [1.165, 1.54) is 6.92 Å². The molecule has 2 rings (SSSR count). The van der Waals surface area contributed by atoms with Crippen LogP contribution < -0.4 is 5.32 Å². The number of nitrogens with zero attached hydrogens (tertiary/aromatic N) is 1. The molecule has 2 aromatic rings. The molecule has 0 aliphatic rings. The van der Waals surface area contributed by atoms with E-state index in [1.807, 2.05) is 0 Å². The first-order chi connectivity index (χ1) is 10.6. The number of hydrogen-bond donors (Lipinski definition) is 2. The first kappa shape index (κ1) is 19.6. The van der Waals surface area contributed by atoms with Crippen LogP contribution in [0.1, 0.15) is 21.6 Å². The zero-order valence-corrected chi connectivity index (χ0v) is 12.7. The van der Waals surface area contributed by atoms with Crippen molar-refractivity contribution in [3.63, 3.8) is 0 Å². The van der Waals surface area contributed by atoms with Gasteiger partial charge < -0.3 is 10.4 Å². The second kappa shape index (κ2) is 7.00. The predicted octanol–water partition coefficient (Wildman–Crippen LogP) is 4.55. The van der Waals surface area contributed by atoms with E-state index in [4.69, 9.17) is 5.11 Å². The second-order valence-corrected chi connectivity index (χ2v) is 4.58. The number of halogens is 6. The average Bonchev–Trinajstić information content (AvgIpc) is 2.47. The van der Waals surface area contributed by atoms with Crippen molar-refractivity contribution in [2.24, 2.45) is 0 Å². The topological polar surface area (TPSA) is 62.2 Å². The number of benzene rings is 1. The highest BCUT2D eigenvalue weighted by Gasteiger charge is 2.33. The van der Waals surface area contributed by atoms with Crippen LogP contribution in [-0.4, -0.2) is 16.1 Å². The summed E-state index contributed by atoms with van der Waals surface area (Å²) in [6.45, 7) is 1.23. The number of nitrogens with one attached hydrogen (secondary N) is 1. The Morgan fingerprint density at radius 3 is 2.38 bits per heavy atom. The summed E-state index contributed by atoms with van der Waals surface area (Å²) in [5.74, 6) is -3.87. The van der Waals surface area contributed by atoms with Crippen LogP contribution in [0.5, 0.6) is 0 Å². The molecule has 0 saturated heterocycles. The van der Waals surface area contributed by atoms with Gasteiger partial charge in [0.2, 0.25) is 0 Å². The number of aromatic carboxylic acids is 1. The van der Waals surface area contributed by atoms with E-state index < -0.39 is 35.0 Å². The van der Waals surface area contributed by atoms with Gasteiger partial charge in [-0.2, -0.15) is 13.2 Å². The molecule has 0 aliphatic heterocycles. The van der Waals surface area contributed by atoms with E-state index in [0.29, 0.717) is 12.3 Å². The van der Waals surface area contributed by atoms with E-state index in [2.05, 4.69) is 10.3 Å². The summed E-state index contributed by atoms with van der Waals surface area (Å²) in [6.07, 6.45) is -4.13. The maximum Gasteiger partial charge on any atom is 0.433 e. The van der Waals surface area contributed by atoms with Crippen molar-refractivity contribution in [3.8, 4) is 0 Å². The van der Waals surface area contributed by atoms with Gasteiger partial charge in [0, 0.05) is 11.3 Å². The summed E-state index contributed by atoms with van der Waals surface area (Å²) in [7, 11) is 0. The van der Waals surface area contributed by atoms with Gasteiger partial charge in [-0.25, -0.2) is 18.6 Å². The predicted molar refractivity (Wildman–Crippen MR) is 77.8 cm³/mol. The fourth-order valence-electron chi connectivity index (χ4n) is 1.82. The molecule has 1 aromatic heterocycles. The fourth-order valence-corrected chi connectivity index (χ4v) is 1.82. The van der Waals surface area contributed by atoms with E-state index in [1.54, 1.807) is 0 Å². The molecule has 1 aromatic carbocycles. The third-order valence-corrected chi connectivity index (χ3v) is 3.03. The largest absolute Gasteiger partial charge is 0.478 e. The minimum atomic E-state index is -4.80. The lowest BCUT2D eigenvalue weighted by molar-refractivity contribution is -0.141. The molecule has 0 bridgehead atoms. The molecule has 0 fully saturated rings. The van der Waals surface area contributed by atoms with E-state index in [0.717, 1.165) is 12.1 Å². The maximum atomic E-state index is 13.5. The van der Waals surface area contributed by atoms with Crippen molar-refractivity contribution in [2.75, 3.05) is 5.32 Å². The van der Waals surface area contributed by atoms with Crippen LogP contribution in [0.2, 0.25) is 0 Å². The van der Waals surface area contributed by atoms with Crippen molar-refractivity contribution in [1.82, 2.24) is 4.98 Å². The molecule has 10 heteroatoms. The van der Waals surface area contributed by atoms with Gasteiger partial charge in [0.1, 0.15) is 5.69 Å². The number of pyridine rings is 1. The molecule has 130 valence electrons. The lowest BCUT2D eigenvalue weighted by Gasteiger charge is -2.14. The van der Waals surface area contributed by atoms with E-state index >= 15 is 0 Å². The van der Waals surface area contributed by atoms with Crippen LogP contribution in [0, 0.1) is 18.6 Å². The van der Waals surface area contributed by atoms with E-state index in [9.17, 15) is 26.7 Å². The number of alkyl halides is 3. The molecule has 4 nitrogen and oxygen atoms in total.